The van der Waals surface area contributed by atoms with Gasteiger partial charge in [-0.15, -0.1) is 0 Å². The number of likely N-dealkylation sites (N-methyl/N-ethyl adjacent to an activating group) is 1. The van der Waals surface area contributed by atoms with Crippen LogP contribution in [0.15, 0.2) is 17.2 Å². The number of hydrogen-bond acceptors (Lipinski definition) is 1. The summed E-state index contributed by atoms with van der Waals surface area (Å²) in [5.41, 5.74) is -3.94. The van der Waals surface area contributed by atoms with Crippen LogP contribution in [-0.4, -0.2) is 18.5 Å². The van der Waals surface area contributed by atoms with Crippen LogP contribution < -0.4 is 5.32 Å². The lowest BCUT2D eigenvalue weighted by atomic mass is 9.88. The molecule has 2 aliphatic carbocycles. The number of hydrogen-bond donors (Lipinski definition) is 1. The number of fused-ring (bicyclic) bond motifs is 2. The van der Waals surface area contributed by atoms with E-state index in [9.17, 15) is 35.1 Å². The zero-order valence-corrected chi connectivity index (χ0v) is 12.0. The van der Waals surface area contributed by atoms with E-state index in [4.69, 9.17) is 0 Å². The fraction of sp³-hybridized carbons (Fsp3) is 0.333. The van der Waals surface area contributed by atoms with Gasteiger partial charge in [0.2, 0.25) is 0 Å². The van der Waals surface area contributed by atoms with E-state index in [0.29, 0.717) is 0 Å². The van der Waals surface area contributed by atoms with Crippen molar-refractivity contribution in [2.75, 3.05) is 6.54 Å². The maximum absolute atomic E-state index is 14.6. The molecule has 2 atom stereocenters. The number of alkyl halides is 2. The van der Waals surface area contributed by atoms with Crippen LogP contribution in [0.4, 0.5) is 35.1 Å². The van der Waals surface area contributed by atoms with Crippen molar-refractivity contribution in [3.05, 3.63) is 51.6 Å². The van der Waals surface area contributed by atoms with E-state index >= 15 is 0 Å². The van der Waals surface area contributed by atoms with Crippen LogP contribution in [0.5, 0.6) is 0 Å². The molecule has 3 rings (SSSR count). The van der Waals surface area contributed by atoms with Crippen molar-refractivity contribution >= 4 is 5.57 Å². The van der Waals surface area contributed by atoms with Gasteiger partial charge in [-0.05, 0) is 6.54 Å². The fourth-order valence-electron chi connectivity index (χ4n) is 3.05. The van der Waals surface area contributed by atoms with Crippen LogP contribution >= 0.6 is 0 Å². The first kappa shape index (κ1) is 16.9. The van der Waals surface area contributed by atoms with Gasteiger partial charge in [-0.2, -0.15) is 0 Å². The van der Waals surface area contributed by atoms with Crippen LogP contribution in [0.2, 0.25) is 0 Å². The summed E-state index contributed by atoms with van der Waals surface area (Å²) < 4.78 is 112. The van der Waals surface area contributed by atoms with E-state index in [1.165, 1.54) is 6.92 Å². The Morgan fingerprint density at radius 2 is 1.58 bits per heavy atom. The molecule has 9 heteroatoms. The highest BCUT2D eigenvalue weighted by Crippen LogP contribution is 2.52. The third-order valence-corrected chi connectivity index (χ3v) is 4.13. The van der Waals surface area contributed by atoms with Crippen LogP contribution in [-0.2, 0) is 6.42 Å². The molecule has 0 heterocycles. The van der Waals surface area contributed by atoms with Gasteiger partial charge in [-0.1, -0.05) is 6.92 Å². The number of benzene rings is 1. The van der Waals surface area contributed by atoms with Crippen molar-refractivity contribution in [2.45, 2.75) is 25.3 Å². The number of rotatable bonds is 2. The van der Waals surface area contributed by atoms with E-state index in [2.05, 4.69) is 0 Å². The molecule has 0 aliphatic heterocycles. The normalized spacial score (nSPS) is 26.1. The lowest BCUT2D eigenvalue weighted by Gasteiger charge is -2.33. The summed E-state index contributed by atoms with van der Waals surface area (Å²) in [5.74, 6) is -15.9. The standard InChI is InChI=1S/C15H9F8N/c1-2-24-15(23)13(21)7-5(9(17)14(15)22)3-4-6(7)10(18)12(20)11(19)8(4)16/h13,24H,2-3H2,1H3. The molecule has 0 saturated heterocycles. The monoisotopic (exact) mass is 355 g/mol. The van der Waals surface area contributed by atoms with E-state index in [0.717, 1.165) is 0 Å². The summed E-state index contributed by atoms with van der Waals surface area (Å²) in [4.78, 5) is 0. The van der Waals surface area contributed by atoms with Crippen LogP contribution in [0.3, 0.4) is 0 Å². The summed E-state index contributed by atoms with van der Waals surface area (Å²) in [6, 6.07) is 0. The van der Waals surface area contributed by atoms with Crippen molar-refractivity contribution in [2.24, 2.45) is 0 Å². The Bertz CT molecular complexity index is 812. The number of halogens is 8. The summed E-state index contributed by atoms with van der Waals surface area (Å²) in [6.45, 7) is 0.961. The zero-order valence-electron chi connectivity index (χ0n) is 12.0. The van der Waals surface area contributed by atoms with Crippen molar-refractivity contribution in [3.8, 4) is 0 Å². The fourth-order valence-corrected chi connectivity index (χ4v) is 3.05. The van der Waals surface area contributed by atoms with Crippen molar-refractivity contribution in [3.63, 3.8) is 0 Å². The van der Waals surface area contributed by atoms with E-state index in [-0.39, 0.29) is 6.54 Å². The Morgan fingerprint density at radius 3 is 2.17 bits per heavy atom. The molecule has 24 heavy (non-hydrogen) atoms. The quantitative estimate of drug-likeness (QED) is 0.360. The molecule has 0 spiro atoms. The SMILES string of the molecule is CCNC1(F)C(F)=C(F)C2=C(c3c(F)c(F)c(F)c(F)c3C2)C1F. The Labute approximate surface area is 130 Å². The third-order valence-electron chi connectivity index (χ3n) is 4.13. The number of allylic oxidation sites excluding steroid dienone is 2. The first-order chi connectivity index (χ1) is 11.2. The van der Waals surface area contributed by atoms with Crippen LogP contribution in [0.25, 0.3) is 5.57 Å². The predicted molar refractivity (Wildman–Crippen MR) is 68.6 cm³/mol. The first-order valence-electron chi connectivity index (χ1n) is 6.89. The second-order valence-corrected chi connectivity index (χ2v) is 5.41. The molecule has 1 aromatic carbocycles. The molecule has 2 aliphatic rings. The van der Waals surface area contributed by atoms with Gasteiger partial charge in [0.15, 0.2) is 41.1 Å². The van der Waals surface area contributed by atoms with Gasteiger partial charge in [0.1, 0.15) is 0 Å². The van der Waals surface area contributed by atoms with E-state index in [1.54, 1.807) is 5.32 Å². The average Bonchev–Trinajstić information content (AvgIpc) is 2.95. The highest BCUT2D eigenvalue weighted by atomic mass is 19.2. The molecule has 0 radical (unpaired) electrons. The Hall–Kier alpha value is -1.90. The van der Waals surface area contributed by atoms with Gasteiger partial charge in [-0.25, -0.2) is 35.1 Å². The smallest absolute Gasteiger partial charge is 0.251 e. The minimum atomic E-state index is -3.66. The van der Waals surface area contributed by atoms with Crippen LogP contribution in [0, 0.1) is 23.3 Å². The molecule has 0 saturated carbocycles. The third kappa shape index (κ3) is 1.90. The van der Waals surface area contributed by atoms with Crippen molar-refractivity contribution < 1.29 is 35.1 Å². The summed E-state index contributed by atoms with van der Waals surface area (Å²) in [6.07, 6.45) is -3.90. The first-order valence-corrected chi connectivity index (χ1v) is 6.89. The maximum Gasteiger partial charge on any atom is 0.251 e. The highest BCUT2D eigenvalue weighted by Gasteiger charge is 2.55. The van der Waals surface area contributed by atoms with Gasteiger partial charge in [0.05, 0.1) is 0 Å². The van der Waals surface area contributed by atoms with Crippen LogP contribution in [0.1, 0.15) is 18.1 Å². The van der Waals surface area contributed by atoms with E-state index in [1.807, 2.05) is 0 Å². The van der Waals surface area contributed by atoms with Crippen molar-refractivity contribution in [1.29, 1.82) is 0 Å². The lowest BCUT2D eigenvalue weighted by molar-refractivity contribution is 0.0546. The minimum Gasteiger partial charge on any atom is -0.277 e. The molecule has 130 valence electrons. The molecule has 1 N–H and O–H groups in total. The second-order valence-electron chi connectivity index (χ2n) is 5.41. The highest BCUT2D eigenvalue weighted by molar-refractivity contribution is 5.85. The summed E-state index contributed by atoms with van der Waals surface area (Å²) >= 11 is 0. The molecule has 1 nitrogen and oxygen atoms in total. The molecular formula is C15H9F8N. The molecular weight excluding hydrogens is 346 g/mol. The van der Waals surface area contributed by atoms with Gasteiger partial charge < -0.3 is 0 Å². The summed E-state index contributed by atoms with van der Waals surface area (Å²) in [7, 11) is 0. The zero-order chi connectivity index (χ0) is 18.0. The Morgan fingerprint density at radius 1 is 1.00 bits per heavy atom. The molecule has 1 aromatic rings. The molecule has 0 amide bonds. The molecule has 0 bridgehead atoms. The topological polar surface area (TPSA) is 12.0 Å². The maximum atomic E-state index is 14.6. The predicted octanol–water partition coefficient (Wildman–Crippen LogP) is 4.33. The Balaban J connectivity index is 2.31. The molecule has 0 aromatic heterocycles. The molecule has 0 fully saturated rings. The second kappa shape index (κ2) is 5.30. The average molecular weight is 355 g/mol. The van der Waals surface area contributed by atoms with Gasteiger partial charge in [0, 0.05) is 28.7 Å². The largest absolute Gasteiger partial charge is 0.277 e. The minimum absolute atomic E-state index is 0.318. The number of nitrogens with one attached hydrogen (secondary N) is 1. The Kier molecular flexibility index (Phi) is 3.74. The molecule has 2 unspecified atom stereocenters. The lowest BCUT2D eigenvalue weighted by Crippen LogP contribution is -2.52. The summed E-state index contributed by atoms with van der Waals surface area (Å²) in [5, 5.41) is 1.76. The van der Waals surface area contributed by atoms with Crippen molar-refractivity contribution in [1.82, 2.24) is 5.32 Å². The van der Waals surface area contributed by atoms with Gasteiger partial charge >= 0.3 is 0 Å². The van der Waals surface area contributed by atoms with Gasteiger partial charge in [-0.3, -0.25) is 5.32 Å². The van der Waals surface area contributed by atoms with E-state index < -0.39 is 75.6 Å². The van der Waals surface area contributed by atoms with Gasteiger partial charge in [0.25, 0.3) is 5.79 Å².